The summed E-state index contributed by atoms with van der Waals surface area (Å²) in [5, 5.41) is 12.3. The number of hydrogen-bond donors (Lipinski definition) is 1. The van der Waals surface area contributed by atoms with Crippen LogP contribution in [0.15, 0.2) is 82.5 Å². The van der Waals surface area contributed by atoms with E-state index in [4.69, 9.17) is 14.1 Å². The highest BCUT2D eigenvalue weighted by Crippen LogP contribution is 2.44. The van der Waals surface area contributed by atoms with Gasteiger partial charge in [-0.25, -0.2) is 4.98 Å². The number of carbonyl (C=O) groups is 2. The van der Waals surface area contributed by atoms with Crippen LogP contribution in [-0.2, 0) is 4.79 Å². The average molecular weight is 512 g/mol. The lowest BCUT2D eigenvalue weighted by molar-refractivity contribution is -0.117. The minimum Gasteiger partial charge on any atom is -0.503 e. The van der Waals surface area contributed by atoms with Gasteiger partial charge in [-0.15, -0.1) is 0 Å². The number of nitrogens with zero attached hydrogens (tertiary/aromatic N) is 3. The number of fused-ring (bicyclic) bond motifs is 2. The van der Waals surface area contributed by atoms with Crippen LogP contribution in [0.4, 0.5) is 5.13 Å². The molecule has 1 aliphatic rings. The number of ketones is 1. The summed E-state index contributed by atoms with van der Waals surface area (Å²) in [4.78, 5) is 37.8. The highest BCUT2D eigenvalue weighted by molar-refractivity contribution is 7.22. The van der Waals surface area contributed by atoms with Gasteiger partial charge in [0.2, 0.25) is 5.78 Å². The summed E-state index contributed by atoms with van der Waals surface area (Å²) in [5.74, 6) is -0.688. The molecule has 0 saturated carbocycles. The first-order chi connectivity index (χ1) is 17.9. The molecule has 0 saturated heterocycles. The van der Waals surface area contributed by atoms with Gasteiger partial charge in [0.05, 0.1) is 33.6 Å². The van der Waals surface area contributed by atoms with Crippen LogP contribution in [0.3, 0.4) is 0 Å². The van der Waals surface area contributed by atoms with E-state index in [0.29, 0.717) is 40.0 Å². The molecular formula is C28H21N3O5S. The number of aliphatic hydroxyl groups is 1. The Labute approximate surface area is 215 Å². The highest BCUT2D eigenvalue weighted by atomic mass is 32.1. The van der Waals surface area contributed by atoms with E-state index in [1.165, 1.54) is 22.3 Å². The summed E-state index contributed by atoms with van der Waals surface area (Å²) in [6.45, 7) is 4.14. The zero-order valence-corrected chi connectivity index (χ0v) is 20.8. The second-order valence-corrected chi connectivity index (χ2v) is 9.58. The Hall–Kier alpha value is -4.50. The van der Waals surface area contributed by atoms with Crippen LogP contribution >= 0.6 is 11.3 Å². The standard InChI is InChI=1S/C28H21N3O5S/c1-3-35-17-10-12-19-22(14-17)37-28(30-19)31-24(20-11-9-16-6-4-5-7-18(16)29-20)23(26(33)27(31)34)25(32)21-13-8-15(2)36-21/h4-14,24,33H,3H2,1-2H3. The van der Waals surface area contributed by atoms with Gasteiger partial charge in [-0.3, -0.25) is 19.5 Å². The molecule has 8 nitrogen and oxygen atoms in total. The molecule has 1 atom stereocenters. The van der Waals surface area contributed by atoms with E-state index in [0.717, 1.165) is 10.1 Å². The number of furan rings is 1. The summed E-state index contributed by atoms with van der Waals surface area (Å²) in [7, 11) is 0. The molecule has 1 unspecified atom stereocenters. The fourth-order valence-corrected chi connectivity index (χ4v) is 5.51. The Morgan fingerprint density at radius 1 is 1.08 bits per heavy atom. The van der Waals surface area contributed by atoms with Crippen molar-refractivity contribution in [3.63, 3.8) is 0 Å². The number of amides is 1. The van der Waals surface area contributed by atoms with E-state index in [2.05, 4.69) is 4.98 Å². The van der Waals surface area contributed by atoms with Crippen molar-refractivity contribution in [3.05, 3.63) is 95.3 Å². The maximum Gasteiger partial charge on any atom is 0.296 e. The number of pyridine rings is 1. The Morgan fingerprint density at radius 3 is 2.70 bits per heavy atom. The quantitative estimate of drug-likeness (QED) is 0.282. The summed E-state index contributed by atoms with van der Waals surface area (Å²) in [6, 6.07) is 18.9. The predicted octanol–water partition coefficient (Wildman–Crippen LogP) is 5.93. The molecule has 4 heterocycles. The second kappa shape index (κ2) is 8.86. The molecule has 1 aliphatic heterocycles. The fraction of sp³-hybridized carbons (Fsp3) is 0.143. The molecule has 0 aliphatic carbocycles. The minimum absolute atomic E-state index is 0.0325. The van der Waals surface area contributed by atoms with Crippen LogP contribution in [0.25, 0.3) is 21.1 Å². The van der Waals surface area contributed by atoms with Gasteiger partial charge in [-0.1, -0.05) is 35.6 Å². The Kier molecular flexibility index (Phi) is 5.49. The van der Waals surface area contributed by atoms with E-state index in [1.54, 1.807) is 19.1 Å². The number of para-hydroxylation sites is 1. The van der Waals surface area contributed by atoms with Gasteiger partial charge < -0.3 is 14.3 Å². The number of hydrogen-bond acceptors (Lipinski definition) is 8. The first-order valence-corrected chi connectivity index (χ1v) is 12.5. The zero-order valence-electron chi connectivity index (χ0n) is 20.0. The summed E-state index contributed by atoms with van der Waals surface area (Å²) in [5.41, 5.74) is 1.70. The third kappa shape index (κ3) is 3.84. The van der Waals surface area contributed by atoms with Crippen LogP contribution in [0, 0.1) is 6.92 Å². The van der Waals surface area contributed by atoms with Crippen LogP contribution in [0.1, 0.15) is 35.0 Å². The van der Waals surface area contributed by atoms with Crippen LogP contribution in [0.5, 0.6) is 5.75 Å². The number of rotatable bonds is 6. The highest BCUT2D eigenvalue weighted by Gasteiger charge is 2.47. The van der Waals surface area contributed by atoms with Crippen molar-refractivity contribution in [2.24, 2.45) is 0 Å². The number of thiazole rings is 1. The average Bonchev–Trinajstić information content (AvgIpc) is 3.59. The molecule has 9 heteroatoms. The Morgan fingerprint density at radius 2 is 1.92 bits per heavy atom. The van der Waals surface area contributed by atoms with Gasteiger partial charge >= 0.3 is 0 Å². The Balaban J connectivity index is 1.52. The first-order valence-electron chi connectivity index (χ1n) is 11.7. The molecule has 2 aromatic carbocycles. The van der Waals surface area contributed by atoms with Gasteiger partial charge in [-0.2, -0.15) is 0 Å². The lowest BCUT2D eigenvalue weighted by Crippen LogP contribution is -2.31. The zero-order chi connectivity index (χ0) is 25.7. The maximum atomic E-state index is 13.6. The van der Waals surface area contributed by atoms with Crippen molar-refractivity contribution in [2.45, 2.75) is 19.9 Å². The molecular weight excluding hydrogens is 490 g/mol. The van der Waals surface area contributed by atoms with Gasteiger partial charge in [-0.05, 0) is 56.3 Å². The smallest absolute Gasteiger partial charge is 0.296 e. The van der Waals surface area contributed by atoms with Crippen LogP contribution in [0.2, 0.25) is 0 Å². The largest absolute Gasteiger partial charge is 0.503 e. The van der Waals surface area contributed by atoms with Crippen molar-refractivity contribution >= 4 is 49.3 Å². The molecule has 3 aromatic heterocycles. The molecule has 37 heavy (non-hydrogen) atoms. The van der Waals surface area contributed by atoms with Gasteiger partial charge in [0.1, 0.15) is 17.6 Å². The van der Waals surface area contributed by atoms with Gasteiger partial charge in [0.15, 0.2) is 16.7 Å². The number of aromatic nitrogens is 2. The number of ether oxygens (including phenoxy) is 1. The summed E-state index contributed by atoms with van der Waals surface area (Å²) in [6.07, 6.45) is 0. The van der Waals surface area contributed by atoms with Crippen LogP contribution < -0.4 is 9.64 Å². The fourth-order valence-electron chi connectivity index (χ4n) is 4.49. The lowest BCUT2D eigenvalue weighted by atomic mass is 9.98. The van der Waals surface area contributed by atoms with Crippen molar-refractivity contribution in [2.75, 3.05) is 11.5 Å². The molecule has 0 spiro atoms. The second-order valence-electron chi connectivity index (χ2n) is 8.57. The molecule has 1 N–H and O–H groups in total. The first kappa shape index (κ1) is 22.9. The molecule has 6 rings (SSSR count). The molecule has 0 bridgehead atoms. The van der Waals surface area contributed by atoms with E-state index in [1.807, 2.05) is 55.5 Å². The van der Waals surface area contributed by atoms with Crippen LogP contribution in [-0.4, -0.2) is 33.4 Å². The van der Waals surface area contributed by atoms with Crippen molar-refractivity contribution in [3.8, 4) is 5.75 Å². The number of Topliss-reactive ketones (excluding diaryl/α,β-unsaturated/α-hetero) is 1. The van der Waals surface area contributed by atoms with Crippen molar-refractivity contribution in [1.29, 1.82) is 0 Å². The third-order valence-corrected chi connectivity index (χ3v) is 7.20. The normalized spacial score (nSPS) is 15.8. The lowest BCUT2D eigenvalue weighted by Gasteiger charge is -2.23. The predicted molar refractivity (Wildman–Crippen MR) is 140 cm³/mol. The van der Waals surface area contributed by atoms with E-state index < -0.39 is 23.5 Å². The summed E-state index contributed by atoms with van der Waals surface area (Å²) >= 11 is 1.27. The number of carbonyl (C=O) groups excluding carboxylic acids is 2. The van der Waals surface area contributed by atoms with Gasteiger partial charge in [0, 0.05) is 5.39 Å². The maximum absolute atomic E-state index is 13.6. The molecule has 0 fully saturated rings. The molecule has 0 radical (unpaired) electrons. The Bertz CT molecular complexity index is 1730. The summed E-state index contributed by atoms with van der Waals surface area (Å²) < 4.78 is 12.0. The number of benzene rings is 2. The minimum atomic E-state index is -0.998. The number of aliphatic hydroxyl groups excluding tert-OH is 1. The van der Waals surface area contributed by atoms with E-state index in [-0.39, 0.29) is 11.3 Å². The SMILES string of the molecule is CCOc1ccc2nc(N3C(=O)C(O)=C(C(=O)c4ccc(C)o4)C3c3ccc4ccccc4n3)sc2c1. The molecule has 1 amide bonds. The monoisotopic (exact) mass is 511 g/mol. The third-order valence-electron chi connectivity index (χ3n) is 6.18. The number of aryl methyl sites for hydroxylation is 1. The molecule has 184 valence electrons. The van der Waals surface area contributed by atoms with Gasteiger partial charge in [0.25, 0.3) is 5.91 Å². The van der Waals surface area contributed by atoms with E-state index in [9.17, 15) is 14.7 Å². The van der Waals surface area contributed by atoms with E-state index >= 15 is 0 Å². The number of anilines is 1. The van der Waals surface area contributed by atoms with Crippen molar-refractivity contribution in [1.82, 2.24) is 9.97 Å². The topological polar surface area (TPSA) is 106 Å². The molecule has 5 aromatic rings. The van der Waals surface area contributed by atoms with Crippen molar-refractivity contribution < 1.29 is 23.8 Å².